The van der Waals surface area contributed by atoms with Gasteiger partial charge in [-0.3, -0.25) is 9.69 Å². The molecule has 9 heteroatoms. The van der Waals surface area contributed by atoms with E-state index in [2.05, 4.69) is 9.97 Å². The first-order valence-electron chi connectivity index (χ1n) is 11.5. The molecule has 2 aromatic rings. The summed E-state index contributed by atoms with van der Waals surface area (Å²) in [5.41, 5.74) is 1.66. The van der Waals surface area contributed by atoms with Gasteiger partial charge in [0.1, 0.15) is 24.2 Å². The average molecular weight is 454 g/mol. The van der Waals surface area contributed by atoms with Gasteiger partial charge in [0.2, 0.25) is 11.8 Å². The SMILES string of the molecule is CCOc1ccc(N2CCN(CC(=O)N3CCCC(Oc4cc(C)nc(C)n4)C3)C2=O)cc1. The van der Waals surface area contributed by atoms with E-state index in [1.54, 1.807) is 14.7 Å². The van der Waals surface area contributed by atoms with Crippen molar-refractivity contribution in [1.82, 2.24) is 19.8 Å². The van der Waals surface area contributed by atoms with E-state index >= 15 is 0 Å². The van der Waals surface area contributed by atoms with Crippen LogP contribution >= 0.6 is 0 Å². The van der Waals surface area contributed by atoms with E-state index < -0.39 is 0 Å². The number of aryl methyl sites for hydroxylation is 2. The van der Waals surface area contributed by atoms with Gasteiger partial charge in [0.05, 0.1) is 13.2 Å². The van der Waals surface area contributed by atoms with Crippen molar-refractivity contribution < 1.29 is 19.1 Å². The van der Waals surface area contributed by atoms with E-state index in [0.29, 0.717) is 44.5 Å². The van der Waals surface area contributed by atoms with Gasteiger partial charge in [0.25, 0.3) is 0 Å². The Hall–Kier alpha value is -3.36. The van der Waals surface area contributed by atoms with Crippen molar-refractivity contribution >= 4 is 17.6 Å². The smallest absolute Gasteiger partial charge is 0.325 e. The predicted molar refractivity (Wildman–Crippen MR) is 124 cm³/mol. The maximum Gasteiger partial charge on any atom is 0.325 e. The van der Waals surface area contributed by atoms with Crippen LogP contribution in [-0.4, -0.2) is 77.1 Å². The molecular formula is C24H31N5O4. The van der Waals surface area contributed by atoms with Crippen LogP contribution in [0.25, 0.3) is 0 Å². The number of aromatic nitrogens is 2. The van der Waals surface area contributed by atoms with Crippen LogP contribution in [0.5, 0.6) is 11.6 Å². The molecule has 0 aliphatic carbocycles. The topological polar surface area (TPSA) is 88.1 Å². The molecule has 4 rings (SSSR count). The lowest BCUT2D eigenvalue weighted by Crippen LogP contribution is -2.48. The number of hydrogen-bond acceptors (Lipinski definition) is 6. The predicted octanol–water partition coefficient (Wildman–Crippen LogP) is 2.80. The van der Waals surface area contributed by atoms with Crippen molar-refractivity contribution in [2.24, 2.45) is 0 Å². The summed E-state index contributed by atoms with van der Waals surface area (Å²) in [4.78, 5) is 39.6. The Bertz CT molecular complexity index is 977. The molecule has 1 atom stereocenters. The Morgan fingerprint density at radius 2 is 1.91 bits per heavy atom. The van der Waals surface area contributed by atoms with Gasteiger partial charge < -0.3 is 19.3 Å². The Morgan fingerprint density at radius 1 is 1.12 bits per heavy atom. The molecule has 3 heterocycles. The molecule has 2 aliphatic heterocycles. The summed E-state index contributed by atoms with van der Waals surface area (Å²) in [6.45, 7) is 8.58. The molecule has 1 aromatic carbocycles. The number of likely N-dealkylation sites (tertiary alicyclic amines) is 1. The minimum absolute atomic E-state index is 0.0553. The summed E-state index contributed by atoms with van der Waals surface area (Å²) in [5, 5.41) is 0. The molecule has 0 saturated carbocycles. The van der Waals surface area contributed by atoms with E-state index in [4.69, 9.17) is 9.47 Å². The minimum atomic E-state index is -0.149. The van der Waals surface area contributed by atoms with Crippen LogP contribution in [0, 0.1) is 13.8 Å². The molecule has 0 radical (unpaired) electrons. The highest BCUT2D eigenvalue weighted by atomic mass is 16.5. The van der Waals surface area contributed by atoms with Crippen molar-refractivity contribution in [2.45, 2.75) is 39.7 Å². The second-order valence-corrected chi connectivity index (χ2v) is 8.40. The second-order valence-electron chi connectivity index (χ2n) is 8.40. The first-order chi connectivity index (χ1) is 15.9. The minimum Gasteiger partial charge on any atom is -0.494 e. The van der Waals surface area contributed by atoms with Gasteiger partial charge in [0.15, 0.2) is 0 Å². The van der Waals surface area contributed by atoms with Gasteiger partial charge >= 0.3 is 6.03 Å². The first kappa shape index (κ1) is 22.8. The van der Waals surface area contributed by atoms with Crippen molar-refractivity contribution in [3.8, 4) is 11.6 Å². The fraction of sp³-hybridized carbons (Fsp3) is 0.500. The summed E-state index contributed by atoms with van der Waals surface area (Å²) < 4.78 is 11.5. The molecule has 0 N–H and O–H groups in total. The van der Waals surface area contributed by atoms with Gasteiger partial charge in [-0.2, -0.15) is 4.98 Å². The summed E-state index contributed by atoms with van der Waals surface area (Å²) >= 11 is 0. The fourth-order valence-corrected chi connectivity index (χ4v) is 4.30. The standard InChI is InChI=1S/C24H31N5O4/c1-4-32-20-9-7-19(8-10-20)29-13-12-28(24(29)31)16-23(30)27-11-5-6-21(15-27)33-22-14-17(2)25-18(3)26-22/h7-10,14,21H,4-6,11-13,15-16H2,1-3H3. The number of amides is 3. The van der Waals surface area contributed by atoms with Crippen LogP contribution < -0.4 is 14.4 Å². The van der Waals surface area contributed by atoms with E-state index in [9.17, 15) is 9.59 Å². The van der Waals surface area contributed by atoms with E-state index in [0.717, 1.165) is 30.0 Å². The third-order valence-corrected chi connectivity index (χ3v) is 5.84. The van der Waals surface area contributed by atoms with E-state index in [-0.39, 0.29) is 24.6 Å². The number of urea groups is 1. The number of rotatable bonds is 7. The quantitative estimate of drug-likeness (QED) is 0.641. The molecule has 1 aromatic heterocycles. The van der Waals surface area contributed by atoms with Crippen LogP contribution in [0.4, 0.5) is 10.5 Å². The number of anilines is 1. The zero-order chi connectivity index (χ0) is 23.4. The zero-order valence-corrected chi connectivity index (χ0v) is 19.5. The molecule has 0 bridgehead atoms. The molecule has 2 fully saturated rings. The van der Waals surface area contributed by atoms with Gasteiger partial charge in [0, 0.05) is 37.1 Å². The summed E-state index contributed by atoms with van der Waals surface area (Å²) in [7, 11) is 0. The van der Waals surface area contributed by atoms with Crippen LogP contribution in [0.15, 0.2) is 30.3 Å². The maximum absolute atomic E-state index is 13.0. The van der Waals surface area contributed by atoms with E-state index in [1.165, 1.54) is 0 Å². The molecule has 1 unspecified atom stereocenters. The summed E-state index contributed by atoms with van der Waals surface area (Å²) in [6.07, 6.45) is 1.59. The normalized spacial score (nSPS) is 18.6. The molecule has 0 spiro atoms. The highest BCUT2D eigenvalue weighted by Gasteiger charge is 2.33. The van der Waals surface area contributed by atoms with Crippen molar-refractivity contribution in [3.05, 3.63) is 41.9 Å². The van der Waals surface area contributed by atoms with Crippen molar-refractivity contribution in [2.75, 3.05) is 44.2 Å². The van der Waals surface area contributed by atoms with Gasteiger partial charge in [-0.1, -0.05) is 0 Å². The summed E-state index contributed by atoms with van der Waals surface area (Å²) in [5.74, 6) is 1.92. The maximum atomic E-state index is 13.0. The van der Waals surface area contributed by atoms with Crippen LogP contribution in [0.3, 0.4) is 0 Å². The monoisotopic (exact) mass is 453 g/mol. The highest BCUT2D eigenvalue weighted by molar-refractivity contribution is 5.96. The number of carbonyl (C=O) groups excluding carboxylic acids is 2. The number of nitrogens with zero attached hydrogens (tertiary/aromatic N) is 5. The number of hydrogen-bond donors (Lipinski definition) is 0. The molecule has 2 saturated heterocycles. The van der Waals surface area contributed by atoms with Gasteiger partial charge in [-0.15, -0.1) is 0 Å². The molecule has 33 heavy (non-hydrogen) atoms. The molecule has 3 amide bonds. The number of benzene rings is 1. The highest BCUT2D eigenvalue weighted by Crippen LogP contribution is 2.24. The summed E-state index contributed by atoms with van der Waals surface area (Å²) in [6, 6.07) is 9.12. The van der Waals surface area contributed by atoms with Crippen molar-refractivity contribution in [3.63, 3.8) is 0 Å². The van der Waals surface area contributed by atoms with Gasteiger partial charge in [-0.25, -0.2) is 9.78 Å². The second kappa shape index (κ2) is 10.1. The lowest BCUT2D eigenvalue weighted by molar-refractivity contribution is -0.134. The van der Waals surface area contributed by atoms with Crippen LogP contribution in [0.2, 0.25) is 0 Å². The molecule has 2 aliphatic rings. The largest absolute Gasteiger partial charge is 0.494 e. The first-order valence-corrected chi connectivity index (χ1v) is 11.5. The molecule has 176 valence electrons. The molecular weight excluding hydrogens is 422 g/mol. The third kappa shape index (κ3) is 5.53. The van der Waals surface area contributed by atoms with Crippen LogP contribution in [-0.2, 0) is 4.79 Å². The Balaban J connectivity index is 1.32. The Kier molecular flexibility index (Phi) is 6.96. The fourth-order valence-electron chi connectivity index (χ4n) is 4.30. The Morgan fingerprint density at radius 3 is 2.64 bits per heavy atom. The number of ether oxygens (including phenoxy) is 2. The van der Waals surface area contributed by atoms with E-state index in [1.807, 2.05) is 51.1 Å². The van der Waals surface area contributed by atoms with Crippen LogP contribution in [0.1, 0.15) is 31.3 Å². The Labute approximate surface area is 194 Å². The zero-order valence-electron chi connectivity index (χ0n) is 19.5. The average Bonchev–Trinajstić information content (AvgIpc) is 3.14. The van der Waals surface area contributed by atoms with Gasteiger partial charge in [-0.05, 0) is 57.9 Å². The number of piperidine rings is 1. The third-order valence-electron chi connectivity index (χ3n) is 5.84. The lowest BCUT2D eigenvalue weighted by atomic mass is 10.1. The van der Waals surface area contributed by atoms with Crippen molar-refractivity contribution in [1.29, 1.82) is 0 Å². The number of carbonyl (C=O) groups is 2. The molecule has 9 nitrogen and oxygen atoms in total. The lowest BCUT2D eigenvalue weighted by Gasteiger charge is -2.33.